The third-order valence-electron chi connectivity index (χ3n) is 3.22. The van der Waals surface area contributed by atoms with Gasteiger partial charge in [-0.1, -0.05) is 30.3 Å². The molecule has 1 heterocycles. The summed E-state index contributed by atoms with van der Waals surface area (Å²) in [6.07, 6.45) is 0.585. The first kappa shape index (κ1) is 13.5. The van der Waals surface area contributed by atoms with Crippen LogP contribution in [-0.2, 0) is 16.4 Å². The van der Waals surface area contributed by atoms with Crippen molar-refractivity contribution in [3.8, 4) is 0 Å². The summed E-state index contributed by atoms with van der Waals surface area (Å²) in [7, 11) is -3.12. The minimum absolute atomic E-state index is 0.198. The summed E-state index contributed by atoms with van der Waals surface area (Å²) >= 11 is 0. The van der Waals surface area contributed by atoms with Crippen LogP contribution in [0.3, 0.4) is 0 Å². The molecule has 1 aliphatic heterocycles. The fraction of sp³-hybridized carbons (Fsp3) is 0.538. The molecule has 0 radical (unpaired) electrons. The van der Waals surface area contributed by atoms with E-state index in [9.17, 15) is 8.42 Å². The van der Waals surface area contributed by atoms with Crippen LogP contribution in [0.4, 0.5) is 0 Å². The molecular formula is C13H20N2O2S. The van der Waals surface area contributed by atoms with Gasteiger partial charge in [-0.3, -0.25) is 0 Å². The molecule has 0 spiro atoms. The number of piperazine rings is 1. The lowest BCUT2D eigenvalue weighted by Gasteiger charge is -2.31. The van der Waals surface area contributed by atoms with E-state index in [-0.39, 0.29) is 11.8 Å². The molecule has 2 rings (SSSR count). The quantitative estimate of drug-likeness (QED) is 0.881. The third kappa shape index (κ3) is 3.54. The molecule has 1 N–H and O–H groups in total. The van der Waals surface area contributed by atoms with Gasteiger partial charge < -0.3 is 5.32 Å². The van der Waals surface area contributed by atoms with Crippen LogP contribution in [-0.4, -0.2) is 44.2 Å². The van der Waals surface area contributed by atoms with Crippen LogP contribution in [0.5, 0.6) is 0 Å². The normalized spacial score (nSPS) is 21.9. The number of hydrogen-bond acceptors (Lipinski definition) is 3. The first-order valence-corrected chi connectivity index (χ1v) is 7.94. The SMILES string of the molecule is C[C@H]1CN(S(=O)(=O)CCc2ccccc2)CCN1. The van der Waals surface area contributed by atoms with Crippen LogP contribution >= 0.6 is 0 Å². The van der Waals surface area contributed by atoms with Crippen LogP contribution in [0.25, 0.3) is 0 Å². The molecule has 1 aromatic carbocycles. The van der Waals surface area contributed by atoms with Gasteiger partial charge in [0.1, 0.15) is 0 Å². The highest BCUT2D eigenvalue weighted by molar-refractivity contribution is 7.89. The van der Waals surface area contributed by atoms with Crippen LogP contribution in [0.15, 0.2) is 30.3 Å². The van der Waals surface area contributed by atoms with Gasteiger partial charge in [0.05, 0.1) is 5.75 Å². The van der Waals surface area contributed by atoms with Gasteiger partial charge in [0.25, 0.3) is 0 Å². The van der Waals surface area contributed by atoms with Gasteiger partial charge in [-0.2, -0.15) is 4.31 Å². The van der Waals surface area contributed by atoms with E-state index in [1.165, 1.54) is 0 Å². The Bertz CT molecular complexity index is 473. The monoisotopic (exact) mass is 268 g/mol. The van der Waals surface area contributed by atoms with Gasteiger partial charge >= 0.3 is 0 Å². The zero-order valence-electron chi connectivity index (χ0n) is 10.7. The molecule has 1 fully saturated rings. The smallest absolute Gasteiger partial charge is 0.214 e. The summed E-state index contributed by atoms with van der Waals surface area (Å²) in [4.78, 5) is 0. The van der Waals surface area contributed by atoms with Gasteiger partial charge in [0, 0.05) is 25.7 Å². The zero-order valence-corrected chi connectivity index (χ0v) is 11.5. The summed E-state index contributed by atoms with van der Waals surface area (Å²) in [5, 5.41) is 3.25. The van der Waals surface area contributed by atoms with E-state index in [4.69, 9.17) is 0 Å². The lowest BCUT2D eigenvalue weighted by atomic mass is 10.2. The molecule has 0 saturated carbocycles. The van der Waals surface area contributed by atoms with Crippen molar-refractivity contribution in [2.45, 2.75) is 19.4 Å². The molecule has 0 aliphatic carbocycles. The third-order valence-corrected chi connectivity index (χ3v) is 5.05. The van der Waals surface area contributed by atoms with Gasteiger partial charge in [0.2, 0.25) is 10.0 Å². The van der Waals surface area contributed by atoms with Gasteiger partial charge in [0.15, 0.2) is 0 Å². The van der Waals surface area contributed by atoms with E-state index in [1.54, 1.807) is 4.31 Å². The molecule has 18 heavy (non-hydrogen) atoms. The molecule has 0 amide bonds. The van der Waals surface area contributed by atoms with E-state index in [0.29, 0.717) is 19.5 Å². The van der Waals surface area contributed by atoms with Crippen LogP contribution in [0.2, 0.25) is 0 Å². The van der Waals surface area contributed by atoms with Gasteiger partial charge in [-0.05, 0) is 18.9 Å². The van der Waals surface area contributed by atoms with E-state index >= 15 is 0 Å². The first-order chi connectivity index (χ1) is 8.58. The topological polar surface area (TPSA) is 49.4 Å². The highest BCUT2D eigenvalue weighted by atomic mass is 32.2. The molecule has 100 valence electrons. The summed E-state index contributed by atoms with van der Waals surface area (Å²) in [6, 6.07) is 10.00. The maximum atomic E-state index is 12.2. The highest BCUT2D eigenvalue weighted by Crippen LogP contribution is 2.09. The standard InChI is InChI=1S/C13H20N2O2S/c1-12-11-15(9-8-14-12)18(16,17)10-7-13-5-3-2-4-6-13/h2-6,12,14H,7-11H2,1H3/t12-/m0/s1. The number of rotatable bonds is 4. The van der Waals surface area contributed by atoms with Gasteiger partial charge in [-0.15, -0.1) is 0 Å². The molecule has 0 unspecified atom stereocenters. The van der Waals surface area contributed by atoms with Crippen molar-refractivity contribution in [1.82, 2.24) is 9.62 Å². The Labute approximate surface area is 109 Å². The van der Waals surface area contributed by atoms with Crippen LogP contribution < -0.4 is 5.32 Å². The van der Waals surface area contributed by atoms with Crippen LogP contribution in [0, 0.1) is 0 Å². The minimum atomic E-state index is -3.12. The predicted octanol–water partition coefficient (Wildman–Crippen LogP) is 0.853. The summed E-state index contributed by atoms with van der Waals surface area (Å²) in [5.74, 6) is 0.198. The molecule has 1 aromatic rings. The molecule has 1 aliphatic rings. The van der Waals surface area contributed by atoms with Crippen molar-refractivity contribution in [2.24, 2.45) is 0 Å². The van der Waals surface area contributed by atoms with Crippen molar-refractivity contribution in [2.75, 3.05) is 25.4 Å². The van der Waals surface area contributed by atoms with Crippen molar-refractivity contribution in [3.05, 3.63) is 35.9 Å². The fourth-order valence-electron chi connectivity index (χ4n) is 2.17. The molecule has 5 heteroatoms. The maximum absolute atomic E-state index is 12.2. The van der Waals surface area contributed by atoms with E-state index in [0.717, 1.165) is 12.1 Å². The fourth-order valence-corrected chi connectivity index (χ4v) is 3.74. The Morgan fingerprint density at radius 2 is 2.06 bits per heavy atom. The number of aryl methyl sites for hydroxylation is 1. The second-order valence-corrected chi connectivity index (χ2v) is 6.85. The van der Waals surface area contributed by atoms with Gasteiger partial charge in [-0.25, -0.2) is 8.42 Å². The van der Waals surface area contributed by atoms with E-state index < -0.39 is 10.0 Å². The summed E-state index contributed by atoms with van der Waals surface area (Å²) in [5.41, 5.74) is 1.07. The number of nitrogens with one attached hydrogen (secondary N) is 1. The molecule has 0 bridgehead atoms. The molecule has 1 saturated heterocycles. The predicted molar refractivity (Wildman–Crippen MR) is 73.0 cm³/mol. The maximum Gasteiger partial charge on any atom is 0.214 e. The average Bonchev–Trinajstić information content (AvgIpc) is 2.38. The molecule has 4 nitrogen and oxygen atoms in total. The lowest BCUT2D eigenvalue weighted by molar-refractivity contribution is 0.310. The molecular weight excluding hydrogens is 248 g/mol. The second kappa shape index (κ2) is 5.82. The Balaban J connectivity index is 1.95. The molecule has 1 atom stereocenters. The van der Waals surface area contributed by atoms with Crippen molar-refractivity contribution in [1.29, 1.82) is 0 Å². The number of nitrogens with zero attached hydrogens (tertiary/aromatic N) is 1. The lowest BCUT2D eigenvalue weighted by Crippen LogP contribution is -2.51. The Morgan fingerprint density at radius 3 is 2.72 bits per heavy atom. The van der Waals surface area contributed by atoms with Crippen molar-refractivity contribution < 1.29 is 8.42 Å². The number of sulfonamides is 1. The van der Waals surface area contributed by atoms with E-state index in [1.807, 2.05) is 37.3 Å². The summed E-state index contributed by atoms with van der Waals surface area (Å²) in [6.45, 7) is 3.92. The second-order valence-electron chi connectivity index (χ2n) is 4.76. The summed E-state index contributed by atoms with van der Waals surface area (Å²) < 4.78 is 26.0. The van der Waals surface area contributed by atoms with Crippen LogP contribution in [0.1, 0.15) is 12.5 Å². The van der Waals surface area contributed by atoms with Crippen molar-refractivity contribution in [3.63, 3.8) is 0 Å². The largest absolute Gasteiger partial charge is 0.312 e. The van der Waals surface area contributed by atoms with E-state index in [2.05, 4.69) is 5.32 Å². The molecule has 0 aromatic heterocycles. The Hall–Kier alpha value is -0.910. The average molecular weight is 268 g/mol. The Morgan fingerprint density at radius 1 is 1.33 bits per heavy atom. The number of benzene rings is 1. The first-order valence-electron chi connectivity index (χ1n) is 6.33. The Kier molecular flexibility index (Phi) is 4.37. The minimum Gasteiger partial charge on any atom is -0.312 e. The van der Waals surface area contributed by atoms with Crippen molar-refractivity contribution >= 4 is 10.0 Å². The highest BCUT2D eigenvalue weighted by Gasteiger charge is 2.26. The number of hydrogen-bond donors (Lipinski definition) is 1. The zero-order chi connectivity index (χ0) is 13.0.